The van der Waals surface area contributed by atoms with Crippen molar-refractivity contribution in [3.63, 3.8) is 0 Å². The molecule has 1 aromatic heterocycles. The highest BCUT2D eigenvalue weighted by Crippen LogP contribution is 2.32. The molecule has 0 atom stereocenters. The van der Waals surface area contributed by atoms with E-state index < -0.39 is 0 Å². The summed E-state index contributed by atoms with van der Waals surface area (Å²) < 4.78 is 0. The summed E-state index contributed by atoms with van der Waals surface area (Å²) in [6.45, 7) is 2.99. The van der Waals surface area contributed by atoms with E-state index >= 15 is 0 Å². The highest BCUT2D eigenvalue weighted by molar-refractivity contribution is 6.02. The molecule has 0 unspecified atom stereocenters. The normalized spacial score (nSPS) is 10.7. The number of aryl methyl sites for hydroxylation is 1. The van der Waals surface area contributed by atoms with E-state index in [0.717, 1.165) is 18.1 Å². The lowest BCUT2D eigenvalue weighted by Crippen LogP contribution is -2.18. The minimum absolute atomic E-state index is 0.843. The lowest BCUT2D eigenvalue weighted by molar-refractivity contribution is 0.904. The number of anilines is 2. The van der Waals surface area contributed by atoms with E-state index in [1.165, 1.54) is 21.9 Å². The van der Waals surface area contributed by atoms with Crippen LogP contribution in [0.4, 0.5) is 11.5 Å². The number of pyridine rings is 1. The van der Waals surface area contributed by atoms with Crippen molar-refractivity contribution in [1.29, 1.82) is 0 Å². The van der Waals surface area contributed by atoms with E-state index in [1.807, 2.05) is 19.3 Å². The maximum Gasteiger partial charge on any atom is 0.136 e. The monoisotopic (exact) mass is 291 g/mol. The van der Waals surface area contributed by atoms with E-state index in [4.69, 9.17) is 4.98 Å². The van der Waals surface area contributed by atoms with Gasteiger partial charge in [-0.2, -0.15) is 0 Å². The highest BCUT2D eigenvalue weighted by Gasteiger charge is 2.12. The van der Waals surface area contributed by atoms with Gasteiger partial charge in [-0.3, -0.25) is 0 Å². The van der Waals surface area contributed by atoms with Crippen molar-refractivity contribution in [2.24, 2.45) is 0 Å². The third-order valence-corrected chi connectivity index (χ3v) is 4.00. The lowest BCUT2D eigenvalue weighted by Gasteiger charge is -2.22. The van der Waals surface area contributed by atoms with Gasteiger partial charge in [-0.1, -0.05) is 48.5 Å². The molecule has 0 fully saturated rings. The molecule has 0 bridgehead atoms. The predicted octanol–water partition coefficient (Wildman–Crippen LogP) is 4.22. The Morgan fingerprint density at radius 3 is 2.55 bits per heavy atom. The molecule has 0 spiro atoms. The average Bonchev–Trinajstić information content (AvgIpc) is 2.55. The summed E-state index contributed by atoms with van der Waals surface area (Å²) in [5.41, 5.74) is 3.60. The molecule has 0 amide bonds. The first-order valence-electron chi connectivity index (χ1n) is 7.52. The van der Waals surface area contributed by atoms with Crippen molar-refractivity contribution in [1.82, 2.24) is 4.98 Å². The Bertz CT molecular complexity index is 781. The first-order chi connectivity index (χ1) is 10.7. The average molecular weight is 291 g/mol. The van der Waals surface area contributed by atoms with Crippen molar-refractivity contribution in [2.45, 2.75) is 13.5 Å². The molecule has 0 saturated heterocycles. The second-order valence-corrected chi connectivity index (χ2v) is 5.58. The van der Waals surface area contributed by atoms with Gasteiger partial charge in [-0.25, -0.2) is 4.98 Å². The molecule has 3 heteroatoms. The van der Waals surface area contributed by atoms with E-state index in [2.05, 4.69) is 66.7 Å². The van der Waals surface area contributed by atoms with Gasteiger partial charge in [0.1, 0.15) is 5.82 Å². The van der Waals surface area contributed by atoms with Gasteiger partial charge in [0.2, 0.25) is 0 Å². The van der Waals surface area contributed by atoms with Crippen LogP contribution < -0.4 is 10.2 Å². The smallest absolute Gasteiger partial charge is 0.136 e. The molecule has 0 aliphatic heterocycles. The summed E-state index contributed by atoms with van der Waals surface area (Å²) in [4.78, 5) is 6.91. The summed E-state index contributed by atoms with van der Waals surface area (Å²) in [6, 6.07) is 16.9. The number of nitrogens with zero attached hydrogens (tertiary/aromatic N) is 2. The Balaban J connectivity index is 2.07. The van der Waals surface area contributed by atoms with Crippen LogP contribution in [-0.2, 0) is 6.54 Å². The fourth-order valence-corrected chi connectivity index (χ4v) is 2.87. The number of nitrogens with one attached hydrogen (secondary N) is 1. The van der Waals surface area contributed by atoms with Crippen molar-refractivity contribution >= 4 is 22.3 Å². The Hall–Kier alpha value is -2.55. The van der Waals surface area contributed by atoms with E-state index in [0.29, 0.717) is 0 Å². The molecule has 0 aliphatic carbocycles. The van der Waals surface area contributed by atoms with Crippen LogP contribution in [0.3, 0.4) is 0 Å². The fraction of sp³-hybridized carbons (Fsp3) is 0.211. The summed E-state index contributed by atoms with van der Waals surface area (Å²) in [5.74, 6) is 1.02. The summed E-state index contributed by atoms with van der Waals surface area (Å²) in [6.07, 6.45) is 1.92. The van der Waals surface area contributed by atoms with E-state index in [9.17, 15) is 0 Å². The second kappa shape index (κ2) is 6.06. The number of fused-ring (bicyclic) bond motifs is 1. The zero-order chi connectivity index (χ0) is 15.5. The topological polar surface area (TPSA) is 28.2 Å². The van der Waals surface area contributed by atoms with Gasteiger partial charge in [-0.05, 0) is 18.1 Å². The zero-order valence-electron chi connectivity index (χ0n) is 13.3. The van der Waals surface area contributed by atoms with Gasteiger partial charge >= 0.3 is 0 Å². The molecular weight excluding hydrogens is 270 g/mol. The minimum atomic E-state index is 0.843. The Labute approximate surface area is 131 Å². The predicted molar refractivity (Wildman–Crippen MR) is 94.6 cm³/mol. The van der Waals surface area contributed by atoms with Crippen LogP contribution in [-0.4, -0.2) is 19.1 Å². The lowest BCUT2D eigenvalue weighted by atomic mass is 10.0. The van der Waals surface area contributed by atoms with Gasteiger partial charge in [0, 0.05) is 31.4 Å². The second-order valence-electron chi connectivity index (χ2n) is 5.58. The Kier molecular flexibility index (Phi) is 3.96. The van der Waals surface area contributed by atoms with Crippen molar-refractivity contribution in [3.05, 3.63) is 65.9 Å². The van der Waals surface area contributed by atoms with E-state index in [1.54, 1.807) is 0 Å². The van der Waals surface area contributed by atoms with Crippen LogP contribution in [0.5, 0.6) is 0 Å². The quantitative estimate of drug-likeness (QED) is 0.780. The molecule has 0 aliphatic rings. The molecule has 3 aromatic rings. The molecule has 3 rings (SSSR count). The molecule has 112 valence electrons. The maximum atomic E-state index is 4.70. The first kappa shape index (κ1) is 14.4. The van der Waals surface area contributed by atoms with Gasteiger partial charge in [-0.15, -0.1) is 0 Å². The van der Waals surface area contributed by atoms with Gasteiger partial charge in [0.25, 0.3) is 0 Å². The molecule has 3 nitrogen and oxygen atoms in total. The number of rotatable bonds is 4. The molecule has 1 N–H and O–H groups in total. The third kappa shape index (κ3) is 2.62. The molecule has 0 radical (unpaired) electrons. The summed E-state index contributed by atoms with van der Waals surface area (Å²) in [5, 5.41) is 5.66. The van der Waals surface area contributed by atoms with Crippen LogP contribution in [0.25, 0.3) is 10.8 Å². The van der Waals surface area contributed by atoms with Crippen LogP contribution in [0.15, 0.2) is 54.7 Å². The fourth-order valence-electron chi connectivity index (χ4n) is 2.87. The van der Waals surface area contributed by atoms with Gasteiger partial charge < -0.3 is 10.2 Å². The molecule has 2 aromatic carbocycles. The van der Waals surface area contributed by atoms with Crippen LogP contribution in [0, 0.1) is 6.92 Å². The Morgan fingerprint density at radius 2 is 1.82 bits per heavy atom. The maximum absolute atomic E-state index is 4.70. The largest absolute Gasteiger partial charge is 0.386 e. The number of hydrogen-bond donors (Lipinski definition) is 1. The molecule has 22 heavy (non-hydrogen) atoms. The van der Waals surface area contributed by atoms with Gasteiger partial charge in [0.15, 0.2) is 0 Å². The van der Waals surface area contributed by atoms with Crippen LogP contribution in [0.2, 0.25) is 0 Å². The van der Waals surface area contributed by atoms with Crippen molar-refractivity contribution in [2.75, 3.05) is 24.3 Å². The third-order valence-electron chi connectivity index (χ3n) is 4.00. The van der Waals surface area contributed by atoms with Crippen LogP contribution in [0.1, 0.15) is 11.1 Å². The number of hydrogen-bond acceptors (Lipinski definition) is 3. The van der Waals surface area contributed by atoms with Gasteiger partial charge in [0.05, 0.1) is 11.9 Å². The molecular formula is C19H21N3. The van der Waals surface area contributed by atoms with Crippen LogP contribution >= 0.6 is 0 Å². The number of benzene rings is 2. The standard InChI is InChI=1S/C19H21N3/c1-14-8-7-11-16-17(20-2)12-21-19(18(14)16)22(3)13-15-9-5-4-6-10-15/h4-12,20H,13H2,1-3H3. The summed E-state index contributed by atoms with van der Waals surface area (Å²) >= 11 is 0. The number of aromatic nitrogens is 1. The summed E-state index contributed by atoms with van der Waals surface area (Å²) in [7, 11) is 4.03. The van der Waals surface area contributed by atoms with E-state index in [-0.39, 0.29) is 0 Å². The SMILES string of the molecule is CNc1cnc(N(C)Cc2ccccc2)c2c(C)cccc12. The zero-order valence-corrected chi connectivity index (χ0v) is 13.3. The van der Waals surface area contributed by atoms with Crippen molar-refractivity contribution in [3.8, 4) is 0 Å². The molecule has 0 saturated carbocycles. The first-order valence-corrected chi connectivity index (χ1v) is 7.52. The van der Waals surface area contributed by atoms with Crippen molar-refractivity contribution < 1.29 is 0 Å². The Morgan fingerprint density at radius 1 is 1.05 bits per heavy atom. The minimum Gasteiger partial charge on any atom is -0.386 e. The highest BCUT2D eigenvalue weighted by atomic mass is 15.2. The molecule has 1 heterocycles.